The van der Waals surface area contributed by atoms with Gasteiger partial charge >= 0.3 is 6.09 Å². The lowest BCUT2D eigenvalue weighted by Gasteiger charge is -2.30. The third-order valence-electron chi connectivity index (χ3n) is 4.44. The van der Waals surface area contributed by atoms with Crippen molar-refractivity contribution in [2.45, 2.75) is 39.3 Å². The molecule has 0 unspecified atom stereocenters. The minimum absolute atomic E-state index is 0.138. The summed E-state index contributed by atoms with van der Waals surface area (Å²) in [6.45, 7) is 5.99. The van der Waals surface area contributed by atoms with Crippen molar-refractivity contribution in [3.63, 3.8) is 0 Å². The third-order valence-corrected chi connectivity index (χ3v) is 4.44. The Morgan fingerprint density at radius 2 is 2.07 bits per heavy atom. The number of aromatic amines is 1. The largest absolute Gasteiger partial charge is 0.494 e. The Hall–Kier alpha value is -3.63. The van der Waals surface area contributed by atoms with E-state index in [-0.39, 0.29) is 29.4 Å². The standard InChI is InChI=1S/C19H23N5O6/c1-19(2,3)30-18(26)23-8-7-13-12(10-23)16(22-21-13)17(25)20-14-6-5-11(24(27)28)9-15(14)29-4/h5-6,9H,7-8,10H2,1-4H3,(H,20,25)(H,21,22). The molecule has 11 heteroatoms. The second-order valence-corrected chi connectivity index (χ2v) is 7.78. The van der Waals surface area contributed by atoms with E-state index in [0.717, 1.165) is 5.69 Å². The Bertz CT molecular complexity index is 994. The Morgan fingerprint density at radius 1 is 1.33 bits per heavy atom. The highest BCUT2D eigenvalue weighted by molar-refractivity contribution is 6.05. The SMILES string of the molecule is COc1cc([N+](=O)[O-])ccc1NC(=O)c1n[nH]c2c1CN(C(=O)OC(C)(C)C)CC2. The number of rotatable bonds is 4. The lowest BCUT2D eigenvalue weighted by atomic mass is 10.1. The fourth-order valence-corrected chi connectivity index (χ4v) is 3.04. The molecule has 30 heavy (non-hydrogen) atoms. The number of benzene rings is 1. The van der Waals surface area contributed by atoms with Crippen molar-refractivity contribution >= 4 is 23.4 Å². The molecule has 2 amide bonds. The number of nitro groups is 1. The summed E-state index contributed by atoms with van der Waals surface area (Å²) in [7, 11) is 1.35. The fraction of sp³-hybridized carbons (Fsp3) is 0.421. The van der Waals surface area contributed by atoms with Gasteiger partial charge in [0.05, 0.1) is 30.3 Å². The van der Waals surface area contributed by atoms with Gasteiger partial charge in [0.25, 0.3) is 11.6 Å². The first-order chi connectivity index (χ1) is 14.1. The zero-order chi connectivity index (χ0) is 22.1. The molecule has 160 valence electrons. The molecule has 1 aromatic carbocycles. The van der Waals surface area contributed by atoms with Gasteiger partial charge in [-0.2, -0.15) is 5.10 Å². The topological polar surface area (TPSA) is 140 Å². The number of fused-ring (bicyclic) bond motifs is 1. The van der Waals surface area contributed by atoms with Crippen LogP contribution < -0.4 is 10.1 Å². The van der Waals surface area contributed by atoms with Gasteiger partial charge in [0.15, 0.2) is 5.69 Å². The summed E-state index contributed by atoms with van der Waals surface area (Å²) in [6, 6.07) is 3.88. The van der Waals surface area contributed by atoms with Crippen LogP contribution in [0.4, 0.5) is 16.2 Å². The smallest absolute Gasteiger partial charge is 0.410 e. The molecular formula is C19H23N5O6. The van der Waals surface area contributed by atoms with Crippen molar-refractivity contribution in [3.8, 4) is 5.75 Å². The maximum Gasteiger partial charge on any atom is 0.410 e. The number of aromatic nitrogens is 2. The number of amides is 2. The van der Waals surface area contributed by atoms with Crippen LogP contribution in [0.1, 0.15) is 42.5 Å². The number of H-pyrrole nitrogens is 1. The molecule has 11 nitrogen and oxygen atoms in total. The zero-order valence-electron chi connectivity index (χ0n) is 17.1. The number of carbonyl (C=O) groups excluding carboxylic acids is 2. The highest BCUT2D eigenvalue weighted by atomic mass is 16.6. The van der Waals surface area contributed by atoms with E-state index in [9.17, 15) is 19.7 Å². The second kappa shape index (κ2) is 8.01. The van der Waals surface area contributed by atoms with Crippen LogP contribution in [0.2, 0.25) is 0 Å². The molecule has 0 fully saturated rings. The van der Waals surface area contributed by atoms with E-state index in [1.807, 2.05) is 0 Å². The predicted octanol–water partition coefficient (Wildman–Crippen LogP) is 2.87. The minimum Gasteiger partial charge on any atom is -0.494 e. The Kier molecular flexibility index (Phi) is 5.63. The van der Waals surface area contributed by atoms with E-state index in [1.54, 1.807) is 20.8 Å². The molecule has 1 aliphatic rings. The van der Waals surface area contributed by atoms with Gasteiger partial charge in [-0.15, -0.1) is 0 Å². The van der Waals surface area contributed by atoms with Gasteiger partial charge in [-0.25, -0.2) is 4.79 Å². The van der Waals surface area contributed by atoms with E-state index in [1.165, 1.54) is 30.2 Å². The van der Waals surface area contributed by atoms with Gasteiger partial charge in [-0.1, -0.05) is 0 Å². The number of anilines is 1. The summed E-state index contributed by atoms with van der Waals surface area (Å²) in [6.07, 6.45) is 0.0492. The van der Waals surface area contributed by atoms with E-state index in [0.29, 0.717) is 18.5 Å². The first-order valence-electron chi connectivity index (χ1n) is 9.27. The van der Waals surface area contributed by atoms with Crippen molar-refractivity contribution in [1.29, 1.82) is 0 Å². The van der Waals surface area contributed by atoms with Gasteiger partial charge in [0, 0.05) is 30.3 Å². The zero-order valence-corrected chi connectivity index (χ0v) is 17.1. The quantitative estimate of drug-likeness (QED) is 0.576. The normalized spacial score (nSPS) is 13.4. The molecular weight excluding hydrogens is 394 g/mol. The first kappa shape index (κ1) is 21.1. The number of nitro benzene ring substituents is 1. The molecule has 0 saturated heterocycles. The molecule has 2 heterocycles. The highest BCUT2D eigenvalue weighted by Gasteiger charge is 2.30. The third kappa shape index (κ3) is 4.50. The summed E-state index contributed by atoms with van der Waals surface area (Å²) in [4.78, 5) is 37.1. The summed E-state index contributed by atoms with van der Waals surface area (Å²) < 4.78 is 10.6. The van der Waals surface area contributed by atoms with Crippen molar-refractivity contribution in [2.24, 2.45) is 0 Å². The summed E-state index contributed by atoms with van der Waals surface area (Å²) in [5.41, 5.74) is 1.000. The minimum atomic E-state index is -0.625. The Labute approximate surface area is 172 Å². The number of nitrogens with one attached hydrogen (secondary N) is 2. The van der Waals surface area contributed by atoms with Gasteiger partial charge in [0.2, 0.25) is 0 Å². The molecule has 0 spiro atoms. The van der Waals surface area contributed by atoms with Crippen molar-refractivity contribution in [3.05, 3.63) is 45.3 Å². The number of ether oxygens (including phenoxy) is 2. The second-order valence-electron chi connectivity index (χ2n) is 7.78. The Morgan fingerprint density at radius 3 is 2.70 bits per heavy atom. The molecule has 0 bridgehead atoms. The lowest BCUT2D eigenvalue weighted by Crippen LogP contribution is -2.40. The van der Waals surface area contributed by atoms with Crippen molar-refractivity contribution < 1.29 is 24.0 Å². The number of methoxy groups -OCH3 is 1. The summed E-state index contributed by atoms with van der Waals surface area (Å²) in [5.74, 6) is -0.372. The maximum absolute atomic E-state index is 12.8. The molecule has 0 radical (unpaired) electrons. The van der Waals surface area contributed by atoms with Crippen LogP contribution in [0.5, 0.6) is 5.75 Å². The average molecular weight is 417 g/mol. The number of hydrogen-bond donors (Lipinski definition) is 2. The van der Waals surface area contributed by atoms with E-state index in [4.69, 9.17) is 9.47 Å². The van der Waals surface area contributed by atoms with Gasteiger partial charge in [-0.3, -0.25) is 20.0 Å². The molecule has 0 saturated carbocycles. The maximum atomic E-state index is 12.8. The first-order valence-corrected chi connectivity index (χ1v) is 9.27. The predicted molar refractivity (Wildman–Crippen MR) is 107 cm³/mol. The van der Waals surface area contributed by atoms with Crippen LogP contribution >= 0.6 is 0 Å². The number of non-ortho nitro benzene ring substituents is 1. The Balaban J connectivity index is 1.79. The van der Waals surface area contributed by atoms with E-state index in [2.05, 4.69) is 15.5 Å². The number of carbonyl (C=O) groups is 2. The molecule has 0 aliphatic carbocycles. The number of hydrogen-bond acceptors (Lipinski definition) is 7. The fourth-order valence-electron chi connectivity index (χ4n) is 3.04. The van der Waals surface area contributed by atoms with E-state index < -0.39 is 22.5 Å². The molecule has 0 atom stereocenters. The van der Waals surface area contributed by atoms with E-state index >= 15 is 0 Å². The highest BCUT2D eigenvalue weighted by Crippen LogP contribution is 2.30. The van der Waals surface area contributed by atoms with Crippen LogP contribution in [0.15, 0.2) is 18.2 Å². The number of nitrogens with zero attached hydrogens (tertiary/aromatic N) is 3. The van der Waals surface area contributed by atoms with Crippen LogP contribution in [0, 0.1) is 10.1 Å². The van der Waals surface area contributed by atoms with Gasteiger partial charge in [-0.05, 0) is 26.8 Å². The molecule has 2 N–H and O–H groups in total. The average Bonchev–Trinajstić information content (AvgIpc) is 3.10. The van der Waals surface area contributed by atoms with Crippen molar-refractivity contribution in [2.75, 3.05) is 19.0 Å². The van der Waals surface area contributed by atoms with Crippen molar-refractivity contribution in [1.82, 2.24) is 15.1 Å². The lowest BCUT2D eigenvalue weighted by molar-refractivity contribution is -0.384. The monoisotopic (exact) mass is 417 g/mol. The van der Waals surface area contributed by atoms with Crippen LogP contribution in [0.3, 0.4) is 0 Å². The molecule has 2 aromatic rings. The van der Waals surface area contributed by atoms with Gasteiger partial charge in [0.1, 0.15) is 11.4 Å². The van der Waals surface area contributed by atoms with Crippen LogP contribution in [-0.2, 0) is 17.7 Å². The van der Waals surface area contributed by atoms with Gasteiger partial charge < -0.3 is 19.7 Å². The molecule has 3 rings (SSSR count). The molecule has 1 aromatic heterocycles. The van der Waals surface area contributed by atoms with Crippen LogP contribution in [0.25, 0.3) is 0 Å². The van der Waals surface area contributed by atoms with Crippen LogP contribution in [-0.4, -0.2) is 51.3 Å². The summed E-state index contributed by atoms with van der Waals surface area (Å²) in [5, 5.41) is 20.5. The molecule has 1 aliphatic heterocycles. The summed E-state index contributed by atoms with van der Waals surface area (Å²) >= 11 is 0.